The molecule has 154 valence electrons. The number of rotatable bonds is 4. The minimum Gasteiger partial charge on any atom is -0.378 e. The zero-order valence-electron chi connectivity index (χ0n) is 17.3. The standard InChI is InChI=1S/C24H32N4O/c1-3-7-21(8-4-1)22-18-27(19-24(22)9-5-2-6-10-24)17-20-15-25-23(26-16-20)28-11-13-29-14-12-28/h1,3-4,7-8,15-16,22H,2,5-6,9-14,17-19H2/t22-/m0/s1. The summed E-state index contributed by atoms with van der Waals surface area (Å²) in [6.45, 7) is 6.60. The van der Waals surface area contributed by atoms with Crippen LogP contribution in [0.4, 0.5) is 5.95 Å². The van der Waals surface area contributed by atoms with Gasteiger partial charge in [0.25, 0.3) is 0 Å². The maximum atomic E-state index is 5.43. The largest absolute Gasteiger partial charge is 0.378 e. The molecule has 5 heteroatoms. The van der Waals surface area contributed by atoms with E-state index < -0.39 is 0 Å². The van der Waals surface area contributed by atoms with E-state index in [0.29, 0.717) is 11.3 Å². The zero-order valence-corrected chi connectivity index (χ0v) is 17.3. The molecule has 1 aromatic heterocycles. The first-order valence-electron chi connectivity index (χ1n) is 11.2. The fourth-order valence-corrected chi connectivity index (χ4v) is 5.71. The van der Waals surface area contributed by atoms with E-state index in [-0.39, 0.29) is 0 Å². The summed E-state index contributed by atoms with van der Waals surface area (Å²) in [5, 5.41) is 0. The van der Waals surface area contributed by atoms with Gasteiger partial charge in [-0.05, 0) is 23.8 Å². The van der Waals surface area contributed by atoms with Crippen LogP contribution in [0.3, 0.4) is 0 Å². The second-order valence-corrected chi connectivity index (χ2v) is 9.05. The van der Waals surface area contributed by atoms with Crippen LogP contribution in [0.1, 0.15) is 49.1 Å². The quantitative estimate of drug-likeness (QED) is 0.790. The van der Waals surface area contributed by atoms with Gasteiger partial charge in [0.2, 0.25) is 5.95 Å². The van der Waals surface area contributed by atoms with Gasteiger partial charge in [-0.15, -0.1) is 0 Å². The summed E-state index contributed by atoms with van der Waals surface area (Å²) < 4.78 is 5.43. The number of morpholine rings is 1. The van der Waals surface area contributed by atoms with Crippen molar-refractivity contribution in [2.45, 2.75) is 44.6 Å². The molecule has 0 radical (unpaired) electrons. The Hall–Kier alpha value is -1.98. The smallest absolute Gasteiger partial charge is 0.225 e. The highest BCUT2D eigenvalue weighted by atomic mass is 16.5. The van der Waals surface area contributed by atoms with Crippen molar-refractivity contribution in [3.63, 3.8) is 0 Å². The van der Waals surface area contributed by atoms with Crippen molar-refractivity contribution in [2.24, 2.45) is 5.41 Å². The molecule has 5 rings (SSSR count). The van der Waals surface area contributed by atoms with Crippen LogP contribution in [0.25, 0.3) is 0 Å². The van der Waals surface area contributed by atoms with Gasteiger partial charge in [-0.1, -0.05) is 49.6 Å². The third-order valence-corrected chi connectivity index (χ3v) is 7.16. The molecule has 3 heterocycles. The van der Waals surface area contributed by atoms with Crippen molar-refractivity contribution < 1.29 is 4.74 Å². The van der Waals surface area contributed by atoms with E-state index in [4.69, 9.17) is 4.74 Å². The number of benzene rings is 1. The van der Waals surface area contributed by atoms with Crippen LogP contribution in [-0.4, -0.2) is 54.3 Å². The summed E-state index contributed by atoms with van der Waals surface area (Å²) >= 11 is 0. The van der Waals surface area contributed by atoms with E-state index in [0.717, 1.165) is 45.3 Å². The molecule has 0 amide bonds. The van der Waals surface area contributed by atoms with Gasteiger partial charge in [-0.3, -0.25) is 4.90 Å². The lowest BCUT2D eigenvalue weighted by Crippen LogP contribution is -2.37. The van der Waals surface area contributed by atoms with E-state index in [2.05, 4.69) is 50.1 Å². The second kappa shape index (κ2) is 8.41. The molecule has 5 nitrogen and oxygen atoms in total. The number of nitrogens with zero attached hydrogens (tertiary/aromatic N) is 4. The first-order valence-corrected chi connectivity index (χ1v) is 11.2. The van der Waals surface area contributed by atoms with Crippen LogP contribution >= 0.6 is 0 Å². The van der Waals surface area contributed by atoms with Crippen LogP contribution in [0.2, 0.25) is 0 Å². The summed E-state index contributed by atoms with van der Waals surface area (Å²) in [6.07, 6.45) is 11.0. The van der Waals surface area contributed by atoms with Gasteiger partial charge >= 0.3 is 0 Å². The van der Waals surface area contributed by atoms with Crippen LogP contribution in [0.15, 0.2) is 42.7 Å². The molecule has 1 aromatic carbocycles. The van der Waals surface area contributed by atoms with Crippen molar-refractivity contribution >= 4 is 5.95 Å². The summed E-state index contributed by atoms with van der Waals surface area (Å²) in [7, 11) is 0. The number of hydrogen-bond acceptors (Lipinski definition) is 5. The van der Waals surface area contributed by atoms with E-state index in [1.165, 1.54) is 49.8 Å². The van der Waals surface area contributed by atoms with Crippen molar-refractivity contribution in [1.29, 1.82) is 0 Å². The van der Waals surface area contributed by atoms with Crippen LogP contribution in [0, 0.1) is 5.41 Å². The number of anilines is 1. The van der Waals surface area contributed by atoms with E-state index in [1.54, 1.807) is 0 Å². The lowest BCUT2D eigenvalue weighted by molar-refractivity contribution is 0.122. The Morgan fingerprint density at radius 1 is 0.966 bits per heavy atom. The molecule has 1 spiro atoms. The number of likely N-dealkylation sites (tertiary alicyclic amines) is 1. The fraction of sp³-hybridized carbons (Fsp3) is 0.583. The average Bonchev–Trinajstić information content (AvgIpc) is 3.13. The van der Waals surface area contributed by atoms with Crippen molar-refractivity contribution in [2.75, 3.05) is 44.3 Å². The topological polar surface area (TPSA) is 41.5 Å². The highest BCUT2D eigenvalue weighted by molar-refractivity contribution is 5.30. The predicted molar refractivity (Wildman–Crippen MR) is 115 cm³/mol. The number of aromatic nitrogens is 2. The van der Waals surface area contributed by atoms with Gasteiger partial charge in [0, 0.05) is 56.6 Å². The second-order valence-electron chi connectivity index (χ2n) is 9.05. The Kier molecular flexibility index (Phi) is 5.51. The highest BCUT2D eigenvalue weighted by Crippen LogP contribution is 2.52. The lowest BCUT2D eigenvalue weighted by atomic mass is 9.66. The summed E-state index contributed by atoms with van der Waals surface area (Å²) in [5.41, 5.74) is 3.20. The normalized spacial score (nSPS) is 24.8. The molecular formula is C24H32N4O. The minimum absolute atomic E-state index is 0.453. The summed E-state index contributed by atoms with van der Waals surface area (Å²) in [5.74, 6) is 1.49. The van der Waals surface area contributed by atoms with Crippen molar-refractivity contribution in [3.05, 3.63) is 53.9 Å². The summed E-state index contributed by atoms with van der Waals surface area (Å²) in [4.78, 5) is 14.2. The molecule has 1 saturated carbocycles. The first kappa shape index (κ1) is 19.0. The molecule has 29 heavy (non-hydrogen) atoms. The number of hydrogen-bond donors (Lipinski definition) is 0. The third kappa shape index (κ3) is 4.03. The Bertz CT molecular complexity index is 782. The number of ether oxygens (including phenoxy) is 1. The maximum absolute atomic E-state index is 5.43. The molecular weight excluding hydrogens is 360 g/mol. The molecule has 3 aliphatic rings. The van der Waals surface area contributed by atoms with Crippen LogP contribution in [-0.2, 0) is 11.3 Å². The monoisotopic (exact) mass is 392 g/mol. The molecule has 0 N–H and O–H groups in total. The van der Waals surface area contributed by atoms with Gasteiger partial charge in [-0.25, -0.2) is 9.97 Å². The average molecular weight is 393 g/mol. The van der Waals surface area contributed by atoms with E-state index in [9.17, 15) is 0 Å². The molecule has 1 aliphatic carbocycles. The molecule has 3 fully saturated rings. The predicted octanol–water partition coefficient (Wildman–Crippen LogP) is 3.86. The zero-order chi connectivity index (χ0) is 19.5. The fourth-order valence-electron chi connectivity index (χ4n) is 5.71. The Morgan fingerprint density at radius 2 is 1.69 bits per heavy atom. The van der Waals surface area contributed by atoms with Crippen molar-refractivity contribution in [1.82, 2.24) is 14.9 Å². The lowest BCUT2D eigenvalue weighted by Gasteiger charge is -2.38. The minimum atomic E-state index is 0.453. The molecule has 0 unspecified atom stereocenters. The Labute approximate surface area is 174 Å². The van der Waals surface area contributed by atoms with Gasteiger partial charge in [0.1, 0.15) is 0 Å². The van der Waals surface area contributed by atoms with Gasteiger partial charge in [0.15, 0.2) is 0 Å². The van der Waals surface area contributed by atoms with E-state index >= 15 is 0 Å². The Balaban J connectivity index is 1.30. The van der Waals surface area contributed by atoms with Gasteiger partial charge in [-0.2, -0.15) is 0 Å². The SMILES string of the molecule is c1ccc([C@@H]2CN(Cc3cnc(N4CCOCC4)nc3)CC23CCCCC3)cc1. The first-order chi connectivity index (χ1) is 14.3. The van der Waals surface area contributed by atoms with Crippen LogP contribution in [0.5, 0.6) is 0 Å². The van der Waals surface area contributed by atoms with Gasteiger partial charge in [0.05, 0.1) is 13.2 Å². The molecule has 2 aromatic rings. The van der Waals surface area contributed by atoms with Gasteiger partial charge < -0.3 is 9.64 Å². The molecule has 2 aliphatic heterocycles. The maximum Gasteiger partial charge on any atom is 0.225 e. The van der Waals surface area contributed by atoms with Crippen molar-refractivity contribution in [3.8, 4) is 0 Å². The highest BCUT2D eigenvalue weighted by Gasteiger charge is 2.47. The molecule has 1 atom stereocenters. The van der Waals surface area contributed by atoms with Crippen LogP contribution < -0.4 is 4.90 Å². The van der Waals surface area contributed by atoms with E-state index in [1.807, 2.05) is 12.4 Å². The Morgan fingerprint density at radius 3 is 2.41 bits per heavy atom. The third-order valence-electron chi connectivity index (χ3n) is 7.16. The molecule has 2 saturated heterocycles. The molecule has 0 bridgehead atoms. The summed E-state index contributed by atoms with van der Waals surface area (Å²) in [6, 6.07) is 11.2.